The molecule has 0 spiro atoms. The second-order valence-electron chi connectivity index (χ2n) is 7.02. The molecular formula is C18H33IN6O3. The van der Waals surface area contributed by atoms with Crippen LogP contribution in [0.5, 0.6) is 0 Å². The maximum atomic E-state index is 12.3. The van der Waals surface area contributed by atoms with Gasteiger partial charge in [0.15, 0.2) is 5.96 Å². The van der Waals surface area contributed by atoms with Gasteiger partial charge in [-0.3, -0.25) is 9.56 Å². The highest BCUT2D eigenvalue weighted by Gasteiger charge is 2.16. The lowest BCUT2D eigenvalue weighted by Gasteiger charge is -2.13. The Morgan fingerprint density at radius 2 is 2.14 bits per heavy atom. The summed E-state index contributed by atoms with van der Waals surface area (Å²) in [6.07, 6.45) is 6.11. The number of hydrogen-bond donors (Lipinski definition) is 2. The predicted octanol–water partition coefficient (Wildman–Crippen LogP) is 0.750. The molecule has 10 heteroatoms. The van der Waals surface area contributed by atoms with Crippen LogP contribution in [-0.2, 0) is 29.0 Å². The highest BCUT2D eigenvalue weighted by atomic mass is 127. The molecule has 160 valence electrons. The maximum Gasteiger partial charge on any atom is 0.345 e. The number of nitrogens with zero attached hydrogens (tertiary/aromatic N) is 4. The van der Waals surface area contributed by atoms with Crippen LogP contribution in [0.3, 0.4) is 0 Å². The Kier molecular flexibility index (Phi) is 10.3. The lowest BCUT2D eigenvalue weighted by atomic mass is 10.2. The van der Waals surface area contributed by atoms with Crippen LogP contribution in [0.4, 0.5) is 0 Å². The van der Waals surface area contributed by atoms with Crippen molar-refractivity contribution >= 4 is 29.9 Å². The van der Waals surface area contributed by atoms with E-state index in [0.29, 0.717) is 6.54 Å². The predicted molar refractivity (Wildman–Crippen MR) is 119 cm³/mol. The van der Waals surface area contributed by atoms with Crippen LogP contribution in [0.2, 0.25) is 0 Å². The topological polar surface area (TPSA) is 94.7 Å². The highest BCUT2D eigenvalue weighted by molar-refractivity contribution is 14.0. The molecule has 3 heterocycles. The largest absolute Gasteiger partial charge is 0.379 e. The van der Waals surface area contributed by atoms with E-state index in [4.69, 9.17) is 9.47 Å². The third-order valence-electron chi connectivity index (χ3n) is 4.95. The summed E-state index contributed by atoms with van der Waals surface area (Å²) in [5.74, 6) is 1.71. The summed E-state index contributed by atoms with van der Waals surface area (Å²) in [5.41, 5.74) is 0.0277. The van der Waals surface area contributed by atoms with Crippen molar-refractivity contribution in [2.75, 3.05) is 40.0 Å². The number of aliphatic imine (C=N–C) groups is 1. The summed E-state index contributed by atoms with van der Waals surface area (Å²) >= 11 is 0. The Bertz CT molecular complexity index is 669. The molecule has 2 aliphatic heterocycles. The molecule has 1 aromatic rings. The second-order valence-corrected chi connectivity index (χ2v) is 7.02. The van der Waals surface area contributed by atoms with Gasteiger partial charge in [0.25, 0.3) is 0 Å². The van der Waals surface area contributed by atoms with Gasteiger partial charge < -0.3 is 20.1 Å². The zero-order valence-electron chi connectivity index (χ0n) is 16.7. The lowest BCUT2D eigenvalue weighted by molar-refractivity contribution is 0.0420. The van der Waals surface area contributed by atoms with E-state index < -0.39 is 0 Å². The zero-order valence-corrected chi connectivity index (χ0v) is 19.0. The Labute approximate surface area is 183 Å². The van der Waals surface area contributed by atoms with E-state index in [9.17, 15) is 4.79 Å². The SMILES string of the molecule is CN=C(NCCCOC1CCOC1)NCCCn1nc2n(c1=O)CCCC2.I. The first-order valence-electron chi connectivity index (χ1n) is 10.1. The summed E-state index contributed by atoms with van der Waals surface area (Å²) in [5, 5.41) is 11.0. The molecule has 1 saturated heterocycles. The summed E-state index contributed by atoms with van der Waals surface area (Å²) in [7, 11) is 1.76. The molecule has 1 unspecified atom stereocenters. The molecule has 2 aliphatic rings. The molecule has 3 rings (SSSR count). The summed E-state index contributed by atoms with van der Waals surface area (Å²) in [6, 6.07) is 0. The Balaban J connectivity index is 0.00000280. The molecule has 0 aliphatic carbocycles. The molecule has 0 saturated carbocycles. The molecule has 2 N–H and O–H groups in total. The third kappa shape index (κ3) is 6.73. The lowest BCUT2D eigenvalue weighted by Crippen LogP contribution is -2.39. The van der Waals surface area contributed by atoms with Crippen LogP contribution in [0, 0.1) is 0 Å². The number of guanidine groups is 1. The minimum Gasteiger partial charge on any atom is -0.379 e. The van der Waals surface area contributed by atoms with E-state index in [1.807, 2.05) is 4.57 Å². The van der Waals surface area contributed by atoms with Crippen molar-refractivity contribution in [3.05, 3.63) is 16.3 Å². The standard InChI is InChI=1S/C18H32N6O3.HI/c1-19-17(21-9-5-12-27-15-7-13-26-14-15)20-8-4-11-24-18(25)23-10-3-2-6-16(23)22-24;/h15H,2-14H2,1H3,(H2,19,20,21);1H. The van der Waals surface area contributed by atoms with Gasteiger partial charge in [-0.15, -0.1) is 24.0 Å². The van der Waals surface area contributed by atoms with Gasteiger partial charge in [0.1, 0.15) is 5.82 Å². The van der Waals surface area contributed by atoms with E-state index in [-0.39, 0.29) is 35.8 Å². The number of aryl methyl sites for hydroxylation is 2. The first kappa shape index (κ1) is 23.1. The average Bonchev–Trinajstić information content (AvgIpc) is 3.32. The molecular weight excluding hydrogens is 475 g/mol. The van der Waals surface area contributed by atoms with Crippen LogP contribution in [0.15, 0.2) is 9.79 Å². The summed E-state index contributed by atoms with van der Waals surface area (Å²) < 4.78 is 14.5. The number of aromatic nitrogens is 3. The smallest absolute Gasteiger partial charge is 0.345 e. The third-order valence-corrected chi connectivity index (χ3v) is 4.95. The van der Waals surface area contributed by atoms with Gasteiger partial charge in [-0.2, -0.15) is 5.10 Å². The second kappa shape index (κ2) is 12.4. The average molecular weight is 508 g/mol. The maximum absolute atomic E-state index is 12.3. The van der Waals surface area contributed by atoms with Crippen LogP contribution >= 0.6 is 24.0 Å². The fourth-order valence-corrected chi connectivity index (χ4v) is 3.42. The van der Waals surface area contributed by atoms with Crippen LogP contribution < -0.4 is 16.3 Å². The number of hydrogen-bond acceptors (Lipinski definition) is 5. The summed E-state index contributed by atoms with van der Waals surface area (Å²) in [4.78, 5) is 16.5. The van der Waals surface area contributed by atoms with Crippen molar-refractivity contribution in [2.45, 2.75) is 57.7 Å². The van der Waals surface area contributed by atoms with Gasteiger partial charge in [0, 0.05) is 52.9 Å². The van der Waals surface area contributed by atoms with Crippen molar-refractivity contribution in [1.82, 2.24) is 25.0 Å². The van der Waals surface area contributed by atoms with E-state index in [2.05, 4.69) is 20.7 Å². The van der Waals surface area contributed by atoms with Crippen molar-refractivity contribution in [3.63, 3.8) is 0 Å². The van der Waals surface area contributed by atoms with Crippen molar-refractivity contribution in [3.8, 4) is 0 Å². The zero-order chi connectivity index (χ0) is 18.9. The Morgan fingerprint density at radius 3 is 2.86 bits per heavy atom. The van der Waals surface area contributed by atoms with E-state index in [1.165, 1.54) is 0 Å². The van der Waals surface area contributed by atoms with Crippen molar-refractivity contribution in [2.24, 2.45) is 4.99 Å². The van der Waals surface area contributed by atoms with Crippen LogP contribution in [0.25, 0.3) is 0 Å². The molecule has 9 nitrogen and oxygen atoms in total. The quantitative estimate of drug-likeness (QED) is 0.221. The molecule has 1 fully saturated rings. The van der Waals surface area contributed by atoms with E-state index in [0.717, 1.165) is 89.8 Å². The molecule has 28 heavy (non-hydrogen) atoms. The number of nitrogens with one attached hydrogen (secondary N) is 2. The molecule has 1 aromatic heterocycles. The number of ether oxygens (including phenoxy) is 2. The molecule has 0 bridgehead atoms. The van der Waals surface area contributed by atoms with Crippen LogP contribution in [0.1, 0.15) is 37.9 Å². The van der Waals surface area contributed by atoms with Gasteiger partial charge in [0.2, 0.25) is 0 Å². The Morgan fingerprint density at radius 1 is 1.32 bits per heavy atom. The number of halogens is 1. The first-order chi connectivity index (χ1) is 13.3. The fourth-order valence-electron chi connectivity index (χ4n) is 3.42. The Hall–Kier alpha value is -1.14. The van der Waals surface area contributed by atoms with E-state index >= 15 is 0 Å². The fraction of sp³-hybridized carbons (Fsp3) is 0.833. The number of fused-ring (bicyclic) bond motifs is 1. The summed E-state index contributed by atoms with van der Waals surface area (Å²) in [6.45, 7) is 5.24. The van der Waals surface area contributed by atoms with Gasteiger partial charge in [-0.05, 0) is 32.1 Å². The van der Waals surface area contributed by atoms with Gasteiger partial charge in [-0.1, -0.05) is 0 Å². The van der Waals surface area contributed by atoms with Gasteiger partial charge in [-0.25, -0.2) is 9.48 Å². The molecule has 1 atom stereocenters. The monoisotopic (exact) mass is 508 g/mol. The van der Waals surface area contributed by atoms with Crippen LogP contribution in [-0.4, -0.2) is 66.4 Å². The van der Waals surface area contributed by atoms with E-state index in [1.54, 1.807) is 11.7 Å². The molecule has 0 radical (unpaired) electrons. The van der Waals surface area contributed by atoms with Crippen molar-refractivity contribution in [1.29, 1.82) is 0 Å². The van der Waals surface area contributed by atoms with Gasteiger partial charge in [0.05, 0.1) is 12.7 Å². The minimum absolute atomic E-state index is 0. The minimum atomic E-state index is 0. The number of rotatable bonds is 9. The normalized spacial score (nSPS) is 19.2. The highest BCUT2D eigenvalue weighted by Crippen LogP contribution is 2.09. The van der Waals surface area contributed by atoms with Gasteiger partial charge >= 0.3 is 5.69 Å². The van der Waals surface area contributed by atoms with Crippen molar-refractivity contribution < 1.29 is 9.47 Å². The molecule has 0 amide bonds. The molecule has 0 aromatic carbocycles. The first-order valence-corrected chi connectivity index (χ1v) is 10.1.